The standard InChI is InChI=1S/C25H29NO5/c1-5-11-26-22(16-8-10-19(30-12-6-2)20(14-16)29-4)21-23(27)17-13-15(3)7-9-18(17)31-24(21)25(26)28/h5-6,8,10,14-15,17-18,22H,1-2,7,9,11-13H2,3-4H3. The van der Waals surface area contributed by atoms with Crippen molar-refractivity contribution in [3.05, 3.63) is 60.4 Å². The number of fused-ring (bicyclic) bond motifs is 1. The summed E-state index contributed by atoms with van der Waals surface area (Å²) in [6.07, 6.45) is 5.72. The summed E-state index contributed by atoms with van der Waals surface area (Å²) >= 11 is 0. The summed E-state index contributed by atoms with van der Waals surface area (Å²) in [4.78, 5) is 28.5. The summed E-state index contributed by atoms with van der Waals surface area (Å²) in [5.74, 6) is 1.37. The second-order valence-corrected chi connectivity index (χ2v) is 8.45. The van der Waals surface area contributed by atoms with E-state index in [1.807, 2.05) is 12.1 Å². The first-order valence-corrected chi connectivity index (χ1v) is 10.8. The van der Waals surface area contributed by atoms with Crippen molar-refractivity contribution >= 4 is 11.7 Å². The SMILES string of the molecule is C=CCOc1ccc(C2C3=C(OC4CCC(C)CC4C3=O)C(=O)N2CC=C)cc1OC. The molecule has 0 N–H and O–H groups in total. The van der Waals surface area contributed by atoms with Crippen LogP contribution in [0.2, 0.25) is 0 Å². The lowest BCUT2D eigenvalue weighted by molar-refractivity contribution is -0.135. The van der Waals surface area contributed by atoms with Gasteiger partial charge in [-0.05, 0) is 42.9 Å². The monoisotopic (exact) mass is 423 g/mol. The highest BCUT2D eigenvalue weighted by molar-refractivity contribution is 6.11. The van der Waals surface area contributed by atoms with Gasteiger partial charge < -0.3 is 19.1 Å². The summed E-state index contributed by atoms with van der Waals surface area (Å²) in [5.41, 5.74) is 1.24. The molecule has 1 aliphatic carbocycles. The van der Waals surface area contributed by atoms with Gasteiger partial charge in [0.1, 0.15) is 12.7 Å². The number of carbonyl (C=O) groups is 2. The van der Waals surface area contributed by atoms with Gasteiger partial charge >= 0.3 is 0 Å². The molecule has 2 aliphatic heterocycles. The Balaban J connectivity index is 1.76. The smallest absolute Gasteiger partial charge is 0.290 e. The second-order valence-electron chi connectivity index (χ2n) is 8.45. The first-order valence-electron chi connectivity index (χ1n) is 10.8. The van der Waals surface area contributed by atoms with E-state index in [0.29, 0.717) is 36.1 Å². The number of carbonyl (C=O) groups excluding carboxylic acids is 2. The third kappa shape index (κ3) is 3.64. The Hall–Kier alpha value is -3.02. The van der Waals surface area contributed by atoms with Crippen LogP contribution < -0.4 is 9.47 Å². The Kier molecular flexibility index (Phi) is 5.90. The molecule has 1 aromatic carbocycles. The largest absolute Gasteiger partial charge is 0.493 e. The van der Waals surface area contributed by atoms with Gasteiger partial charge in [-0.3, -0.25) is 9.59 Å². The first kappa shape index (κ1) is 21.2. The number of methoxy groups -OCH3 is 1. The van der Waals surface area contributed by atoms with Crippen LogP contribution in [0.1, 0.15) is 37.8 Å². The molecule has 164 valence electrons. The lowest BCUT2D eigenvalue weighted by atomic mass is 9.74. The van der Waals surface area contributed by atoms with Gasteiger partial charge in [0.25, 0.3) is 5.91 Å². The molecular weight excluding hydrogens is 394 g/mol. The minimum Gasteiger partial charge on any atom is -0.493 e. The number of ether oxygens (including phenoxy) is 3. The van der Waals surface area contributed by atoms with E-state index >= 15 is 0 Å². The van der Waals surface area contributed by atoms with Gasteiger partial charge in [-0.25, -0.2) is 0 Å². The van der Waals surface area contributed by atoms with Crippen molar-refractivity contribution in [2.45, 2.75) is 38.3 Å². The quantitative estimate of drug-likeness (QED) is 0.621. The van der Waals surface area contributed by atoms with Gasteiger partial charge in [-0.1, -0.05) is 31.7 Å². The zero-order valence-corrected chi connectivity index (χ0v) is 18.1. The van der Waals surface area contributed by atoms with E-state index in [1.165, 1.54) is 0 Å². The third-order valence-electron chi connectivity index (χ3n) is 6.39. The van der Waals surface area contributed by atoms with Gasteiger partial charge in [0, 0.05) is 6.54 Å². The number of hydrogen-bond acceptors (Lipinski definition) is 5. The van der Waals surface area contributed by atoms with E-state index in [4.69, 9.17) is 14.2 Å². The van der Waals surface area contributed by atoms with Gasteiger partial charge in [-0.2, -0.15) is 0 Å². The van der Waals surface area contributed by atoms with Crippen molar-refractivity contribution < 1.29 is 23.8 Å². The number of Topliss-reactive ketones (excluding diaryl/α,β-unsaturated/α-hetero) is 1. The van der Waals surface area contributed by atoms with E-state index in [-0.39, 0.29) is 29.5 Å². The minimum absolute atomic E-state index is 0.0358. The van der Waals surface area contributed by atoms with Crippen molar-refractivity contribution in [1.82, 2.24) is 4.90 Å². The molecule has 2 heterocycles. The molecule has 4 atom stereocenters. The van der Waals surface area contributed by atoms with E-state index in [9.17, 15) is 9.59 Å². The fourth-order valence-electron chi connectivity index (χ4n) is 4.92. The van der Waals surface area contributed by atoms with Crippen LogP contribution in [0.25, 0.3) is 0 Å². The number of ketones is 1. The molecule has 6 nitrogen and oxygen atoms in total. The number of nitrogens with zero attached hydrogens (tertiary/aromatic N) is 1. The Morgan fingerprint density at radius 3 is 2.71 bits per heavy atom. The van der Waals surface area contributed by atoms with Crippen molar-refractivity contribution in [1.29, 1.82) is 0 Å². The molecule has 6 heteroatoms. The van der Waals surface area contributed by atoms with Crippen LogP contribution in [-0.4, -0.2) is 43.0 Å². The van der Waals surface area contributed by atoms with Crippen molar-refractivity contribution in [3.63, 3.8) is 0 Å². The molecule has 1 aromatic rings. The average Bonchev–Trinajstić information content (AvgIpc) is 3.05. The Morgan fingerprint density at radius 2 is 2.00 bits per heavy atom. The lowest BCUT2D eigenvalue weighted by Crippen LogP contribution is -2.41. The first-order chi connectivity index (χ1) is 15.0. The maximum Gasteiger partial charge on any atom is 0.290 e. The molecule has 0 bridgehead atoms. The molecule has 3 aliphatic rings. The van der Waals surface area contributed by atoms with Crippen LogP contribution in [-0.2, 0) is 14.3 Å². The predicted octanol–water partition coefficient (Wildman–Crippen LogP) is 3.99. The Bertz CT molecular complexity index is 949. The number of rotatable bonds is 7. The van der Waals surface area contributed by atoms with E-state index in [0.717, 1.165) is 24.8 Å². The van der Waals surface area contributed by atoms with E-state index in [2.05, 4.69) is 20.1 Å². The summed E-state index contributed by atoms with van der Waals surface area (Å²) in [5, 5.41) is 0. The van der Waals surface area contributed by atoms with Gasteiger partial charge in [-0.15, -0.1) is 6.58 Å². The van der Waals surface area contributed by atoms with E-state index in [1.54, 1.807) is 30.2 Å². The zero-order chi connectivity index (χ0) is 22.1. The molecule has 4 rings (SSSR count). The molecule has 1 amide bonds. The lowest BCUT2D eigenvalue weighted by Gasteiger charge is -2.37. The van der Waals surface area contributed by atoms with Crippen LogP contribution in [0.5, 0.6) is 11.5 Å². The average molecular weight is 424 g/mol. The second kappa shape index (κ2) is 8.61. The Labute approximate surface area is 183 Å². The number of amides is 1. The summed E-state index contributed by atoms with van der Waals surface area (Å²) in [7, 11) is 1.56. The summed E-state index contributed by atoms with van der Waals surface area (Å²) in [6, 6.07) is 4.96. The topological polar surface area (TPSA) is 65.1 Å². The van der Waals surface area contributed by atoms with Crippen LogP contribution in [0.15, 0.2) is 54.8 Å². The molecule has 1 saturated carbocycles. The fourth-order valence-corrected chi connectivity index (χ4v) is 4.92. The predicted molar refractivity (Wildman–Crippen MR) is 117 cm³/mol. The highest BCUT2D eigenvalue weighted by Gasteiger charge is 2.52. The van der Waals surface area contributed by atoms with Crippen molar-refractivity contribution in [3.8, 4) is 11.5 Å². The molecule has 0 spiro atoms. The summed E-state index contributed by atoms with van der Waals surface area (Å²) < 4.78 is 17.3. The zero-order valence-electron chi connectivity index (χ0n) is 18.1. The molecule has 0 aromatic heterocycles. The van der Waals surface area contributed by atoms with Crippen LogP contribution in [0, 0.1) is 11.8 Å². The highest BCUT2D eigenvalue weighted by atomic mass is 16.5. The van der Waals surface area contributed by atoms with E-state index < -0.39 is 6.04 Å². The van der Waals surface area contributed by atoms with Gasteiger partial charge in [0.2, 0.25) is 0 Å². The molecule has 0 radical (unpaired) electrons. The fraction of sp³-hybridized carbons (Fsp3) is 0.440. The van der Waals surface area contributed by atoms with Crippen molar-refractivity contribution in [2.75, 3.05) is 20.3 Å². The van der Waals surface area contributed by atoms with Crippen LogP contribution >= 0.6 is 0 Å². The molecule has 4 unspecified atom stereocenters. The molecule has 0 saturated heterocycles. The van der Waals surface area contributed by atoms with Crippen LogP contribution in [0.3, 0.4) is 0 Å². The van der Waals surface area contributed by atoms with Crippen LogP contribution in [0.4, 0.5) is 0 Å². The van der Waals surface area contributed by atoms with Gasteiger partial charge in [0.05, 0.1) is 24.6 Å². The normalized spacial score (nSPS) is 27.4. The number of hydrogen-bond donors (Lipinski definition) is 0. The minimum atomic E-state index is -0.534. The molecule has 31 heavy (non-hydrogen) atoms. The summed E-state index contributed by atoms with van der Waals surface area (Å²) in [6.45, 7) is 10.3. The Morgan fingerprint density at radius 1 is 1.19 bits per heavy atom. The van der Waals surface area contributed by atoms with Gasteiger partial charge in [0.15, 0.2) is 23.0 Å². The maximum atomic E-state index is 13.6. The number of benzene rings is 1. The highest BCUT2D eigenvalue weighted by Crippen LogP contribution is 2.48. The molecular formula is C25H29NO5. The third-order valence-corrected chi connectivity index (χ3v) is 6.39. The van der Waals surface area contributed by atoms with Crippen molar-refractivity contribution in [2.24, 2.45) is 11.8 Å². The molecule has 1 fully saturated rings. The maximum absolute atomic E-state index is 13.6.